The third-order valence-corrected chi connectivity index (χ3v) is 3.42. The number of hydrogen-bond acceptors (Lipinski definition) is 2. The Morgan fingerprint density at radius 3 is 2.29 bits per heavy atom. The Kier molecular flexibility index (Phi) is 3.12. The van der Waals surface area contributed by atoms with Crippen molar-refractivity contribution in [1.82, 2.24) is 9.80 Å². The molecule has 1 saturated heterocycles. The number of amides is 1. The lowest BCUT2D eigenvalue weighted by atomic mass is 10.3. The van der Waals surface area contributed by atoms with Gasteiger partial charge in [-0.05, 0) is 19.8 Å². The van der Waals surface area contributed by atoms with Gasteiger partial charge in [0.05, 0.1) is 4.83 Å². The fourth-order valence-electron chi connectivity index (χ4n) is 2.00. The second-order valence-corrected chi connectivity index (χ2v) is 5.58. The van der Waals surface area contributed by atoms with E-state index in [-0.39, 0.29) is 10.7 Å². The minimum Gasteiger partial charge on any atom is -0.339 e. The number of nitrogens with zero attached hydrogens (tertiary/aromatic N) is 2. The second kappa shape index (κ2) is 4.19. The minimum atomic E-state index is -0.0324. The van der Waals surface area contributed by atoms with Crippen LogP contribution >= 0.6 is 15.9 Å². The fourth-order valence-corrected chi connectivity index (χ4v) is 2.29. The van der Waals surface area contributed by atoms with Crippen LogP contribution in [-0.2, 0) is 4.79 Å². The predicted molar refractivity (Wildman–Crippen MR) is 59.6 cm³/mol. The van der Waals surface area contributed by atoms with Gasteiger partial charge in [-0.15, -0.1) is 0 Å². The van der Waals surface area contributed by atoms with Crippen molar-refractivity contribution in [3.63, 3.8) is 0 Å². The molecule has 0 bridgehead atoms. The smallest absolute Gasteiger partial charge is 0.236 e. The molecule has 1 atom stereocenters. The van der Waals surface area contributed by atoms with Gasteiger partial charge >= 0.3 is 0 Å². The molecule has 80 valence electrons. The summed E-state index contributed by atoms with van der Waals surface area (Å²) in [4.78, 5) is 16.1. The van der Waals surface area contributed by atoms with Crippen molar-refractivity contribution in [2.75, 3.05) is 26.2 Å². The van der Waals surface area contributed by atoms with Crippen LogP contribution in [0.4, 0.5) is 0 Å². The standard InChI is InChI=1S/C10H17BrN2O/c1-8(11)10(14)13-6-4-12(5-7-13)9-2-3-9/h8-9H,2-7H2,1H3. The fraction of sp³-hybridized carbons (Fsp3) is 0.900. The summed E-state index contributed by atoms with van der Waals surface area (Å²) in [6, 6.07) is 0.841. The number of rotatable bonds is 2. The predicted octanol–water partition coefficient (Wildman–Crippen LogP) is 1.08. The molecular formula is C10H17BrN2O. The molecule has 1 aliphatic heterocycles. The Morgan fingerprint density at radius 2 is 1.86 bits per heavy atom. The normalized spacial score (nSPS) is 26.3. The van der Waals surface area contributed by atoms with E-state index in [1.54, 1.807) is 0 Å². The Hall–Kier alpha value is -0.0900. The molecule has 0 N–H and O–H groups in total. The van der Waals surface area contributed by atoms with Crippen LogP contribution in [0.5, 0.6) is 0 Å². The van der Waals surface area contributed by atoms with Crippen LogP contribution in [0.1, 0.15) is 19.8 Å². The van der Waals surface area contributed by atoms with Crippen LogP contribution in [-0.4, -0.2) is 52.8 Å². The molecule has 0 aromatic heterocycles. The van der Waals surface area contributed by atoms with Gasteiger partial charge in [0.1, 0.15) is 0 Å². The Morgan fingerprint density at radius 1 is 1.29 bits per heavy atom. The number of carbonyl (C=O) groups is 1. The molecule has 1 aliphatic carbocycles. The van der Waals surface area contributed by atoms with Crippen molar-refractivity contribution in [3.05, 3.63) is 0 Å². The monoisotopic (exact) mass is 260 g/mol. The summed E-state index contributed by atoms with van der Waals surface area (Å²) in [5.74, 6) is 0.237. The first-order valence-electron chi connectivity index (χ1n) is 5.35. The number of hydrogen-bond donors (Lipinski definition) is 0. The van der Waals surface area contributed by atoms with Gasteiger partial charge in [-0.2, -0.15) is 0 Å². The molecule has 1 amide bonds. The molecule has 0 aromatic rings. The van der Waals surface area contributed by atoms with E-state index in [0.717, 1.165) is 32.2 Å². The molecule has 0 spiro atoms. The van der Waals surface area contributed by atoms with E-state index in [2.05, 4.69) is 20.8 Å². The number of piperazine rings is 1. The topological polar surface area (TPSA) is 23.6 Å². The molecule has 14 heavy (non-hydrogen) atoms. The third kappa shape index (κ3) is 2.28. The summed E-state index contributed by atoms with van der Waals surface area (Å²) in [6.07, 6.45) is 2.73. The second-order valence-electron chi connectivity index (χ2n) is 4.21. The highest BCUT2D eigenvalue weighted by Crippen LogP contribution is 2.27. The van der Waals surface area contributed by atoms with Crippen LogP contribution < -0.4 is 0 Å². The Bertz CT molecular complexity index is 220. The maximum absolute atomic E-state index is 11.7. The summed E-state index contributed by atoms with van der Waals surface area (Å²) in [6.45, 7) is 5.85. The zero-order valence-electron chi connectivity index (χ0n) is 8.58. The maximum atomic E-state index is 11.7. The quantitative estimate of drug-likeness (QED) is 0.694. The number of alkyl halides is 1. The highest BCUT2D eigenvalue weighted by Gasteiger charge is 2.32. The molecule has 0 radical (unpaired) electrons. The third-order valence-electron chi connectivity index (χ3n) is 3.03. The lowest BCUT2D eigenvalue weighted by molar-refractivity contribution is -0.131. The number of halogens is 1. The first kappa shape index (κ1) is 10.4. The molecule has 2 aliphatic rings. The van der Waals surface area contributed by atoms with Crippen LogP contribution in [0, 0.1) is 0 Å². The zero-order chi connectivity index (χ0) is 10.1. The molecular weight excluding hydrogens is 244 g/mol. The van der Waals surface area contributed by atoms with Gasteiger partial charge in [-0.1, -0.05) is 15.9 Å². The van der Waals surface area contributed by atoms with Crippen LogP contribution in [0.25, 0.3) is 0 Å². The summed E-state index contributed by atoms with van der Waals surface area (Å²) < 4.78 is 0. The van der Waals surface area contributed by atoms with Crippen LogP contribution in [0.15, 0.2) is 0 Å². The lowest BCUT2D eigenvalue weighted by Gasteiger charge is -2.35. The molecule has 1 saturated carbocycles. The molecule has 4 heteroatoms. The summed E-state index contributed by atoms with van der Waals surface area (Å²) in [7, 11) is 0. The van der Waals surface area contributed by atoms with Crippen molar-refractivity contribution in [3.8, 4) is 0 Å². The highest BCUT2D eigenvalue weighted by atomic mass is 79.9. The van der Waals surface area contributed by atoms with E-state index in [1.165, 1.54) is 12.8 Å². The van der Waals surface area contributed by atoms with Gasteiger partial charge in [-0.25, -0.2) is 0 Å². The summed E-state index contributed by atoms with van der Waals surface area (Å²) in [5, 5.41) is 0. The number of carbonyl (C=O) groups excluding carboxylic acids is 1. The van der Waals surface area contributed by atoms with Gasteiger partial charge in [-0.3, -0.25) is 9.69 Å². The molecule has 2 fully saturated rings. The van der Waals surface area contributed by atoms with Crippen molar-refractivity contribution >= 4 is 21.8 Å². The maximum Gasteiger partial charge on any atom is 0.236 e. The average molecular weight is 261 g/mol. The van der Waals surface area contributed by atoms with Crippen molar-refractivity contribution in [2.45, 2.75) is 30.6 Å². The zero-order valence-corrected chi connectivity index (χ0v) is 10.2. The van der Waals surface area contributed by atoms with Crippen molar-refractivity contribution in [1.29, 1.82) is 0 Å². The molecule has 2 rings (SSSR count). The van der Waals surface area contributed by atoms with E-state index < -0.39 is 0 Å². The molecule has 1 unspecified atom stereocenters. The van der Waals surface area contributed by atoms with E-state index in [9.17, 15) is 4.79 Å². The van der Waals surface area contributed by atoms with Gasteiger partial charge < -0.3 is 4.90 Å². The Labute approximate surface area is 93.6 Å². The summed E-state index contributed by atoms with van der Waals surface area (Å²) in [5.41, 5.74) is 0. The summed E-state index contributed by atoms with van der Waals surface area (Å²) >= 11 is 3.33. The Balaban J connectivity index is 1.80. The van der Waals surface area contributed by atoms with E-state index >= 15 is 0 Å². The van der Waals surface area contributed by atoms with Gasteiger partial charge in [0.15, 0.2) is 0 Å². The highest BCUT2D eigenvalue weighted by molar-refractivity contribution is 9.10. The van der Waals surface area contributed by atoms with E-state index in [0.29, 0.717) is 0 Å². The SMILES string of the molecule is CC(Br)C(=O)N1CCN(C2CC2)CC1. The van der Waals surface area contributed by atoms with E-state index in [4.69, 9.17) is 0 Å². The largest absolute Gasteiger partial charge is 0.339 e. The molecule has 0 aromatic carbocycles. The first-order valence-corrected chi connectivity index (χ1v) is 6.27. The van der Waals surface area contributed by atoms with Crippen molar-refractivity contribution < 1.29 is 4.79 Å². The average Bonchev–Trinajstić information content (AvgIpc) is 3.00. The minimum absolute atomic E-state index is 0.0324. The lowest BCUT2D eigenvalue weighted by Crippen LogP contribution is -2.50. The van der Waals surface area contributed by atoms with Crippen molar-refractivity contribution in [2.24, 2.45) is 0 Å². The van der Waals surface area contributed by atoms with Crippen LogP contribution in [0.2, 0.25) is 0 Å². The van der Waals surface area contributed by atoms with E-state index in [1.807, 2.05) is 11.8 Å². The van der Waals surface area contributed by atoms with Gasteiger partial charge in [0, 0.05) is 32.2 Å². The first-order chi connectivity index (χ1) is 6.68. The molecule has 1 heterocycles. The molecule has 3 nitrogen and oxygen atoms in total. The van der Waals surface area contributed by atoms with Gasteiger partial charge in [0.25, 0.3) is 0 Å². The van der Waals surface area contributed by atoms with Crippen LogP contribution in [0.3, 0.4) is 0 Å². The van der Waals surface area contributed by atoms with Gasteiger partial charge in [0.2, 0.25) is 5.91 Å².